The van der Waals surface area contributed by atoms with Crippen molar-refractivity contribution in [3.05, 3.63) is 84.6 Å². The Morgan fingerprint density at radius 3 is 2.45 bits per heavy atom. The van der Waals surface area contributed by atoms with E-state index in [1.807, 2.05) is 54.9 Å². The molecule has 1 aliphatic rings. The number of rotatable bonds is 4. The number of nitrogens with one attached hydrogen (secondary N) is 1. The second-order valence-electron chi connectivity index (χ2n) is 5.10. The summed E-state index contributed by atoms with van der Waals surface area (Å²) in [5, 5.41) is 3.24. The van der Waals surface area contributed by atoms with Crippen LogP contribution >= 0.6 is 0 Å². The summed E-state index contributed by atoms with van der Waals surface area (Å²) in [4.78, 5) is 6.69. The van der Waals surface area contributed by atoms with E-state index < -0.39 is 0 Å². The molecule has 2 aromatic rings. The molecule has 0 saturated carbocycles. The molecule has 1 heterocycles. The molecule has 0 aromatic heterocycles. The molecule has 1 aliphatic heterocycles. The molecule has 0 aliphatic carbocycles. The zero-order chi connectivity index (χ0) is 15.0. The van der Waals surface area contributed by atoms with E-state index in [-0.39, 0.29) is 0 Å². The number of para-hydroxylation sites is 2. The summed E-state index contributed by atoms with van der Waals surface area (Å²) in [6.45, 7) is 1.59. The van der Waals surface area contributed by atoms with E-state index in [0.29, 0.717) is 6.67 Å². The van der Waals surface area contributed by atoms with Crippen LogP contribution in [0.2, 0.25) is 0 Å². The normalized spacial score (nSPS) is 16.4. The van der Waals surface area contributed by atoms with E-state index in [2.05, 4.69) is 45.6 Å². The zero-order valence-corrected chi connectivity index (χ0v) is 12.4. The molecule has 0 saturated heterocycles. The van der Waals surface area contributed by atoms with Gasteiger partial charge < -0.3 is 10.2 Å². The average molecular weight is 289 g/mol. The second-order valence-corrected chi connectivity index (χ2v) is 5.10. The van der Waals surface area contributed by atoms with Crippen molar-refractivity contribution in [2.45, 2.75) is 0 Å². The predicted molar refractivity (Wildman–Crippen MR) is 94.4 cm³/mol. The molecule has 3 nitrogen and oxygen atoms in total. The van der Waals surface area contributed by atoms with Gasteiger partial charge in [-0.2, -0.15) is 0 Å². The molecule has 0 bridgehead atoms. The van der Waals surface area contributed by atoms with Crippen molar-refractivity contribution in [2.75, 3.05) is 23.4 Å². The predicted octanol–water partition coefficient (Wildman–Crippen LogP) is 4.09. The smallest absolute Gasteiger partial charge is 0.110 e. The van der Waals surface area contributed by atoms with Crippen molar-refractivity contribution >= 4 is 17.6 Å². The second kappa shape index (κ2) is 7.27. The van der Waals surface area contributed by atoms with Gasteiger partial charge in [0.15, 0.2) is 0 Å². The highest BCUT2D eigenvalue weighted by molar-refractivity contribution is 5.82. The van der Waals surface area contributed by atoms with Crippen molar-refractivity contribution in [2.24, 2.45) is 4.99 Å². The van der Waals surface area contributed by atoms with Crippen LogP contribution in [0, 0.1) is 0 Å². The van der Waals surface area contributed by atoms with Crippen molar-refractivity contribution < 1.29 is 0 Å². The van der Waals surface area contributed by atoms with Gasteiger partial charge in [0.05, 0.1) is 0 Å². The molecular formula is C19H19N3. The van der Waals surface area contributed by atoms with Gasteiger partial charge in [0, 0.05) is 30.3 Å². The van der Waals surface area contributed by atoms with Crippen LogP contribution in [0.5, 0.6) is 0 Å². The molecule has 2 aromatic carbocycles. The SMILES string of the molecule is C1=NCN(c2ccccc2)C/C1=C\C=C\Nc1ccccc1. The minimum Gasteiger partial charge on any atom is -0.362 e. The molecule has 0 amide bonds. The molecule has 1 N–H and O–H groups in total. The largest absolute Gasteiger partial charge is 0.362 e. The van der Waals surface area contributed by atoms with Crippen LogP contribution in [0.15, 0.2) is 89.6 Å². The Morgan fingerprint density at radius 1 is 0.955 bits per heavy atom. The van der Waals surface area contributed by atoms with E-state index >= 15 is 0 Å². The van der Waals surface area contributed by atoms with Gasteiger partial charge in [0.1, 0.15) is 6.67 Å². The van der Waals surface area contributed by atoms with E-state index in [1.165, 1.54) is 11.3 Å². The molecule has 0 fully saturated rings. The van der Waals surface area contributed by atoms with Gasteiger partial charge in [-0.25, -0.2) is 0 Å². The molecule has 3 heteroatoms. The van der Waals surface area contributed by atoms with E-state index in [0.717, 1.165) is 12.2 Å². The van der Waals surface area contributed by atoms with Crippen LogP contribution in [-0.4, -0.2) is 19.4 Å². The fourth-order valence-corrected chi connectivity index (χ4v) is 2.33. The first-order valence-electron chi connectivity index (χ1n) is 7.39. The lowest BCUT2D eigenvalue weighted by Gasteiger charge is -2.26. The summed E-state index contributed by atoms with van der Waals surface area (Å²) in [5.41, 5.74) is 3.48. The lowest BCUT2D eigenvalue weighted by Crippen LogP contribution is -2.29. The van der Waals surface area contributed by atoms with Crippen molar-refractivity contribution in [1.29, 1.82) is 0 Å². The number of hydrogen-bond acceptors (Lipinski definition) is 3. The van der Waals surface area contributed by atoms with Gasteiger partial charge in [-0.05, 0) is 35.9 Å². The summed E-state index contributed by atoms with van der Waals surface area (Å²) in [6, 6.07) is 20.5. The Labute approximate surface area is 131 Å². The topological polar surface area (TPSA) is 27.6 Å². The Hall–Kier alpha value is -2.81. The van der Waals surface area contributed by atoms with Gasteiger partial charge in [-0.1, -0.05) is 42.5 Å². The number of nitrogens with zero attached hydrogens (tertiary/aromatic N) is 2. The van der Waals surface area contributed by atoms with Crippen LogP contribution in [0.1, 0.15) is 0 Å². The van der Waals surface area contributed by atoms with Crippen molar-refractivity contribution in [3.63, 3.8) is 0 Å². The highest BCUT2D eigenvalue weighted by Gasteiger charge is 2.10. The molecular weight excluding hydrogens is 270 g/mol. The zero-order valence-electron chi connectivity index (χ0n) is 12.4. The van der Waals surface area contributed by atoms with Gasteiger partial charge in [-0.15, -0.1) is 0 Å². The first-order chi connectivity index (χ1) is 10.9. The summed E-state index contributed by atoms with van der Waals surface area (Å²) in [7, 11) is 0. The summed E-state index contributed by atoms with van der Waals surface area (Å²) in [5.74, 6) is 0. The number of anilines is 2. The Kier molecular flexibility index (Phi) is 4.67. The summed E-state index contributed by atoms with van der Waals surface area (Å²) < 4.78 is 0. The van der Waals surface area contributed by atoms with Crippen LogP contribution in [0.3, 0.4) is 0 Å². The van der Waals surface area contributed by atoms with Crippen LogP contribution < -0.4 is 10.2 Å². The maximum Gasteiger partial charge on any atom is 0.110 e. The van der Waals surface area contributed by atoms with Crippen LogP contribution in [0.4, 0.5) is 11.4 Å². The average Bonchev–Trinajstić information content (AvgIpc) is 2.61. The first-order valence-corrected chi connectivity index (χ1v) is 7.39. The van der Waals surface area contributed by atoms with Gasteiger partial charge >= 0.3 is 0 Å². The third-order valence-electron chi connectivity index (χ3n) is 3.43. The summed E-state index contributed by atoms with van der Waals surface area (Å²) in [6.07, 6.45) is 8.00. The van der Waals surface area contributed by atoms with E-state index in [9.17, 15) is 0 Å². The molecule has 22 heavy (non-hydrogen) atoms. The highest BCUT2D eigenvalue weighted by atomic mass is 15.2. The lowest BCUT2D eigenvalue weighted by atomic mass is 10.2. The molecule has 0 spiro atoms. The standard InChI is InChI=1S/C19H19N3/c1-3-9-18(10-4-1)21-13-7-8-17-14-20-16-22(15-17)19-11-5-2-6-12-19/h1-14,21H,15-16H2/b13-7+,17-8-. The number of allylic oxidation sites excluding steroid dienone is 2. The third kappa shape index (κ3) is 3.85. The number of aliphatic imine (C=N–C) groups is 1. The Bertz CT molecular complexity index is 672. The third-order valence-corrected chi connectivity index (χ3v) is 3.43. The van der Waals surface area contributed by atoms with Gasteiger partial charge in [0.25, 0.3) is 0 Å². The molecule has 0 unspecified atom stereocenters. The fraction of sp³-hybridized carbons (Fsp3) is 0.105. The fourth-order valence-electron chi connectivity index (χ4n) is 2.33. The number of hydrogen-bond donors (Lipinski definition) is 1. The van der Waals surface area contributed by atoms with Crippen LogP contribution in [-0.2, 0) is 0 Å². The maximum atomic E-state index is 4.43. The van der Waals surface area contributed by atoms with Crippen LogP contribution in [0.25, 0.3) is 0 Å². The maximum absolute atomic E-state index is 4.43. The van der Waals surface area contributed by atoms with Crippen molar-refractivity contribution in [3.8, 4) is 0 Å². The quantitative estimate of drug-likeness (QED) is 0.918. The molecule has 3 rings (SSSR count). The van der Waals surface area contributed by atoms with Crippen molar-refractivity contribution in [1.82, 2.24) is 0 Å². The monoisotopic (exact) mass is 289 g/mol. The van der Waals surface area contributed by atoms with E-state index in [1.54, 1.807) is 0 Å². The summed E-state index contributed by atoms with van der Waals surface area (Å²) >= 11 is 0. The minimum atomic E-state index is 0.716. The number of benzene rings is 2. The Balaban J connectivity index is 1.60. The highest BCUT2D eigenvalue weighted by Crippen LogP contribution is 2.16. The first kappa shape index (κ1) is 14.1. The minimum absolute atomic E-state index is 0.716. The molecule has 0 radical (unpaired) electrons. The van der Waals surface area contributed by atoms with E-state index in [4.69, 9.17) is 0 Å². The Morgan fingerprint density at radius 2 is 1.68 bits per heavy atom. The van der Waals surface area contributed by atoms with Gasteiger partial charge in [-0.3, -0.25) is 4.99 Å². The molecule has 110 valence electrons. The van der Waals surface area contributed by atoms with Gasteiger partial charge in [0.2, 0.25) is 0 Å². The lowest BCUT2D eigenvalue weighted by molar-refractivity contribution is 0.852. The molecule has 0 atom stereocenters.